The van der Waals surface area contributed by atoms with E-state index in [9.17, 15) is 19.2 Å². The third kappa shape index (κ3) is 3.96. The molecule has 4 atom stereocenters. The standard InChI is InChI=1S/C16H24N8O5S/c1-7(18-9(26)5-17)13(27)19-10-14(28)24-11(16(3,4)30-15(10)24)12-20-21-22-23(12)6-29-8(2)25/h7,10-11,15H,5-6,17H2,1-4H3,(H,18,26)(H,19,27)/t7?,10?,11?,15-/m1/s1. The molecule has 13 nitrogen and oxygen atoms in total. The van der Waals surface area contributed by atoms with Gasteiger partial charge in [-0.3, -0.25) is 19.2 Å². The molecule has 0 saturated carbocycles. The molecule has 3 amide bonds. The quantitative estimate of drug-likeness (QED) is 0.314. The van der Waals surface area contributed by atoms with Crippen LogP contribution in [0.25, 0.3) is 0 Å². The normalized spacial score (nSPS) is 25.2. The third-order valence-electron chi connectivity index (χ3n) is 4.89. The second kappa shape index (κ2) is 8.18. The summed E-state index contributed by atoms with van der Waals surface area (Å²) in [5, 5.41) is 16.4. The van der Waals surface area contributed by atoms with Crippen LogP contribution in [0.2, 0.25) is 0 Å². The number of carbonyl (C=O) groups is 4. The highest BCUT2D eigenvalue weighted by atomic mass is 32.2. The zero-order chi connectivity index (χ0) is 22.2. The van der Waals surface area contributed by atoms with Gasteiger partial charge in [-0.15, -0.1) is 16.9 Å². The first-order valence-corrected chi connectivity index (χ1v) is 10.1. The van der Waals surface area contributed by atoms with Crippen molar-refractivity contribution in [3.8, 4) is 0 Å². The van der Waals surface area contributed by atoms with Gasteiger partial charge in [0, 0.05) is 11.7 Å². The predicted molar refractivity (Wildman–Crippen MR) is 103 cm³/mol. The molecule has 0 aliphatic carbocycles. The maximum atomic E-state index is 12.9. The topological polar surface area (TPSA) is 174 Å². The van der Waals surface area contributed by atoms with Gasteiger partial charge in [0.15, 0.2) is 12.6 Å². The van der Waals surface area contributed by atoms with Gasteiger partial charge in [0.05, 0.1) is 6.54 Å². The Bertz CT molecular complexity index is 874. The molecule has 0 bridgehead atoms. The maximum absolute atomic E-state index is 12.9. The Kier molecular flexibility index (Phi) is 5.99. The van der Waals surface area contributed by atoms with E-state index in [4.69, 9.17) is 10.5 Å². The van der Waals surface area contributed by atoms with Crippen LogP contribution in [0, 0.1) is 0 Å². The van der Waals surface area contributed by atoms with Crippen LogP contribution in [0.3, 0.4) is 0 Å². The summed E-state index contributed by atoms with van der Waals surface area (Å²) in [5.41, 5.74) is 5.24. The number of amides is 3. The molecule has 164 valence electrons. The maximum Gasteiger partial charge on any atom is 0.304 e. The van der Waals surface area contributed by atoms with Gasteiger partial charge in [-0.2, -0.15) is 4.68 Å². The van der Waals surface area contributed by atoms with Crippen LogP contribution >= 0.6 is 11.8 Å². The molecule has 2 saturated heterocycles. The van der Waals surface area contributed by atoms with E-state index in [-0.39, 0.29) is 24.6 Å². The monoisotopic (exact) mass is 440 g/mol. The van der Waals surface area contributed by atoms with Gasteiger partial charge in [0.25, 0.3) is 0 Å². The van der Waals surface area contributed by atoms with Gasteiger partial charge in [-0.05, 0) is 31.2 Å². The third-order valence-corrected chi connectivity index (χ3v) is 6.46. The van der Waals surface area contributed by atoms with Gasteiger partial charge in [0.2, 0.25) is 17.7 Å². The van der Waals surface area contributed by atoms with Crippen molar-refractivity contribution in [1.82, 2.24) is 35.7 Å². The van der Waals surface area contributed by atoms with Crippen LogP contribution in [-0.2, 0) is 30.6 Å². The molecule has 2 aliphatic heterocycles. The first-order chi connectivity index (χ1) is 14.1. The Morgan fingerprint density at radius 3 is 2.70 bits per heavy atom. The fourth-order valence-electron chi connectivity index (χ4n) is 3.46. The molecule has 3 heterocycles. The fourth-order valence-corrected chi connectivity index (χ4v) is 5.09. The summed E-state index contributed by atoms with van der Waals surface area (Å²) < 4.78 is 5.84. The largest absolute Gasteiger partial charge is 0.442 e. The predicted octanol–water partition coefficient (Wildman–Crippen LogP) is -2.12. The first kappa shape index (κ1) is 22.0. The van der Waals surface area contributed by atoms with Crippen molar-refractivity contribution in [2.45, 2.75) is 62.7 Å². The van der Waals surface area contributed by atoms with Gasteiger partial charge >= 0.3 is 5.97 Å². The minimum absolute atomic E-state index is 0.167. The Hall–Kier alpha value is -2.74. The summed E-state index contributed by atoms with van der Waals surface area (Å²) in [6, 6.07) is -2.04. The molecular formula is C16H24N8O5S. The second-order valence-electron chi connectivity index (χ2n) is 7.54. The lowest BCUT2D eigenvalue weighted by molar-refractivity contribution is -0.152. The number of fused-ring (bicyclic) bond motifs is 1. The average Bonchev–Trinajstić information content (AvgIpc) is 3.23. The Labute approximate surface area is 176 Å². The van der Waals surface area contributed by atoms with Crippen LogP contribution in [0.5, 0.6) is 0 Å². The summed E-state index contributed by atoms with van der Waals surface area (Å²) in [5.74, 6) is -1.31. The molecular weight excluding hydrogens is 416 g/mol. The van der Waals surface area contributed by atoms with Crippen molar-refractivity contribution in [3.05, 3.63) is 5.82 Å². The molecule has 1 aromatic heterocycles. The summed E-state index contributed by atoms with van der Waals surface area (Å²) in [4.78, 5) is 49.4. The number of hydrogen-bond acceptors (Lipinski definition) is 10. The Morgan fingerprint density at radius 1 is 1.37 bits per heavy atom. The number of hydrogen-bond donors (Lipinski definition) is 3. The number of rotatable bonds is 7. The van der Waals surface area contributed by atoms with Crippen LogP contribution in [-0.4, -0.2) is 77.5 Å². The zero-order valence-electron chi connectivity index (χ0n) is 17.0. The molecule has 4 N–H and O–H groups in total. The first-order valence-electron chi connectivity index (χ1n) is 9.26. The molecule has 3 rings (SSSR count). The lowest BCUT2D eigenvalue weighted by Crippen LogP contribution is -2.69. The summed E-state index contributed by atoms with van der Waals surface area (Å²) in [6.45, 7) is 6.29. The van der Waals surface area contributed by atoms with E-state index in [1.54, 1.807) is 4.90 Å². The lowest BCUT2D eigenvalue weighted by atomic mass is 9.95. The summed E-state index contributed by atoms with van der Waals surface area (Å²) in [6.07, 6.45) is 0. The second-order valence-corrected chi connectivity index (χ2v) is 9.31. The number of tetrazole rings is 1. The Balaban J connectivity index is 1.73. The highest BCUT2D eigenvalue weighted by Gasteiger charge is 2.63. The number of aromatic nitrogens is 4. The highest BCUT2D eigenvalue weighted by molar-refractivity contribution is 8.01. The van der Waals surface area contributed by atoms with Gasteiger partial charge in [-0.25, -0.2) is 0 Å². The van der Waals surface area contributed by atoms with E-state index in [0.29, 0.717) is 5.82 Å². The van der Waals surface area contributed by atoms with Crippen molar-refractivity contribution in [3.63, 3.8) is 0 Å². The van der Waals surface area contributed by atoms with Gasteiger partial charge < -0.3 is 26.0 Å². The zero-order valence-corrected chi connectivity index (χ0v) is 17.8. The van der Waals surface area contributed by atoms with Crippen molar-refractivity contribution >= 4 is 35.5 Å². The van der Waals surface area contributed by atoms with E-state index >= 15 is 0 Å². The number of ether oxygens (including phenoxy) is 1. The Morgan fingerprint density at radius 2 is 2.07 bits per heavy atom. The number of nitrogens with zero attached hydrogens (tertiary/aromatic N) is 5. The molecule has 2 aliphatic rings. The average molecular weight is 440 g/mol. The number of carbonyl (C=O) groups excluding carboxylic acids is 4. The molecule has 30 heavy (non-hydrogen) atoms. The van der Waals surface area contributed by atoms with E-state index < -0.39 is 40.7 Å². The van der Waals surface area contributed by atoms with Crippen LogP contribution in [0.1, 0.15) is 39.6 Å². The molecule has 0 radical (unpaired) electrons. The van der Waals surface area contributed by atoms with E-state index in [2.05, 4.69) is 26.2 Å². The van der Waals surface area contributed by atoms with Crippen molar-refractivity contribution in [2.75, 3.05) is 6.54 Å². The van der Waals surface area contributed by atoms with E-state index in [1.807, 2.05) is 13.8 Å². The van der Waals surface area contributed by atoms with Crippen LogP contribution < -0.4 is 16.4 Å². The number of esters is 1. The van der Waals surface area contributed by atoms with E-state index in [1.165, 1.54) is 30.3 Å². The fraction of sp³-hybridized carbons (Fsp3) is 0.688. The van der Waals surface area contributed by atoms with Crippen molar-refractivity contribution in [2.24, 2.45) is 5.73 Å². The van der Waals surface area contributed by atoms with Gasteiger partial charge in [0.1, 0.15) is 23.5 Å². The van der Waals surface area contributed by atoms with Gasteiger partial charge in [-0.1, -0.05) is 0 Å². The summed E-state index contributed by atoms with van der Waals surface area (Å²) >= 11 is 1.51. The number of nitrogens with two attached hydrogens (primary N) is 1. The number of thioether (sulfide) groups is 1. The number of nitrogens with one attached hydrogen (secondary N) is 2. The molecule has 3 unspecified atom stereocenters. The smallest absolute Gasteiger partial charge is 0.304 e. The minimum Gasteiger partial charge on any atom is -0.442 e. The molecule has 1 aromatic rings. The summed E-state index contributed by atoms with van der Waals surface area (Å²) in [7, 11) is 0. The number of β-lactam (4-membered cyclic amide) rings is 1. The molecule has 2 fully saturated rings. The van der Waals surface area contributed by atoms with Crippen LogP contribution in [0.4, 0.5) is 0 Å². The molecule has 0 spiro atoms. The van der Waals surface area contributed by atoms with Crippen LogP contribution in [0.15, 0.2) is 0 Å². The molecule has 0 aromatic carbocycles. The minimum atomic E-state index is -0.825. The SMILES string of the molecule is CC(=O)OCn1nnnc1C1N2C(=O)C(NC(=O)C(C)NC(=O)CN)[C@H]2SC1(C)C. The highest BCUT2D eigenvalue weighted by Crippen LogP contribution is 2.56. The lowest BCUT2D eigenvalue weighted by Gasteiger charge is -2.44. The van der Waals surface area contributed by atoms with E-state index in [0.717, 1.165) is 0 Å². The van der Waals surface area contributed by atoms with Crippen molar-refractivity contribution in [1.29, 1.82) is 0 Å². The van der Waals surface area contributed by atoms with Crippen molar-refractivity contribution < 1.29 is 23.9 Å². The molecule has 14 heteroatoms.